The van der Waals surface area contributed by atoms with Crippen LogP contribution in [0.1, 0.15) is 48.8 Å². The second-order valence-corrected chi connectivity index (χ2v) is 10.2. The minimum atomic E-state index is -4.83. The smallest absolute Gasteiger partial charge is 0.347 e. The number of amides is 2. The van der Waals surface area contributed by atoms with Gasteiger partial charge in [0.1, 0.15) is 5.69 Å². The van der Waals surface area contributed by atoms with Gasteiger partial charge in [0, 0.05) is 23.7 Å². The lowest BCUT2D eigenvalue weighted by Crippen LogP contribution is -2.40. The third-order valence-corrected chi connectivity index (χ3v) is 7.64. The van der Waals surface area contributed by atoms with Gasteiger partial charge in [0.05, 0.1) is 21.3 Å². The SMILES string of the molecule is CCC1(NC(=O)C2=CC3=CC=CCC3C(Cl)=C2NC(=O)c2cc(C(F)(F)F)nn2-c2ncccc2Cl)CC1. The lowest BCUT2D eigenvalue weighted by molar-refractivity contribution is -0.141. The van der Waals surface area contributed by atoms with Crippen molar-refractivity contribution < 1.29 is 22.8 Å². The molecule has 1 unspecified atom stereocenters. The number of pyridine rings is 1. The van der Waals surface area contributed by atoms with Crippen LogP contribution >= 0.6 is 23.2 Å². The van der Waals surface area contributed by atoms with Crippen LogP contribution in [0.5, 0.6) is 0 Å². The number of nitrogens with one attached hydrogen (secondary N) is 2. The number of carbonyl (C=O) groups is 2. The Hall–Kier alpha value is -3.37. The molecule has 0 aromatic carbocycles. The molecule has 0 spiro atoms. The van der Waals surface area contributed by atoms with Crippen molar-refractivity contribution in [1.29, 1.82) is 0 Å². The molecule has 2 amide bonds. The summed E-state index contributed by atoms with van der Waals surface area (Å²) in [7, 11) is 0. The monoisotopic (exact) mass is 563 g/mol. The van der Waals surface area contributed by atoms with E-state index in [1.807, 2.05) is 25.2 Å². The van der Waals surface area contributed by atoms with E-state index in [-0.39, 0.29) is 38.6 Å². The van der Waals surface area contributed by atoms with Crippen LogP contribution in [0.15, 0.2) is 70.6 Å². The molecule has 2 aromatic heterocycles. The topological polar surface area (TPSA) is 88.9 Å². The summed E-state index contributed by atoms with van der Waals surface area (Å²) in [5.74, 6) is -1.86. The first kappa shape index (κ1) is 26.2. The molecule has 3 aliphatic carbocycles. The molecule has 3 aliphatic rings. The maximum Gasteiger partial charge on any atom is 0.435 e. The van der Waals surface area contributed by atoms with Gasteiger partial charge in [-0.15, -0.1) is 0 Å². The number of carbonyl (C=O) groups excluding carboxylic acids is 2. The number of halogens is 5. The highest BCUT2D eigenvalue weighted by molar-refractivity contribution is 6.32. The Balaban J connectivity index is 1.54. The first-order valence-electron chi connectivity index (χ1n) is 11.9. The van der Waals surface area contributed by atoms with Gasteiger partial charge in [-0.1, -0.05) is 48.4 Å². The van der Waals surface area contributed by atoms with Crippen molar-refractivity contribution in [3.8, 4) is 5.82 Å². The lowest BCUT2D eigenvalue weighted by atomic mass is 9.83. The van der Waals surface area contributed by atoms with E-state index in [1.54, 1.807) is 6.08 Å². The van der Waals surface area contributed by atoms with Crippen LogP contribution in [0, 0.1) is 5.92 Å². The molecule has 0 radical (unpaired) electrons. The van der Waals surface area contributed by atoms with E-state index >= 15 is 0 Å². The molecule has 2 heterocycles. The van der Waals surface area contributed by atoms with Crippen LogP contribution in [-0.4, -0.2) is 32.1 Å². The summed E-state index contributed by atoms with van der Waals surface area (Å²) in [6.07, 6.45) is 6.68. The minimum absolute atomic E-state index is 0.00804. The maximum atomic E-state index is 13.6. The van der Waals surface area contributed by atoms with Crippen LogP contribution < -0.4 is 10.6 Å². The zero-order chi connectivity index (χ0) is 27.2. The summed E-state index contributed by atoms with van der Waals surface area (Å²) < 4.78 is 41.4. The summed E-state index contributed by atoms with van der Waals surface area (Å²) in [4.78, 5) is 30.9. The van der Waals surface area contributed by atoms with Gasteiger partial charge in [0.15, 0.2) is 11.5 Å². The number of rotatable bonds is 6. The highest BCUT2D eigenvalue weighted by Crippen LogP contribution is 2.42. The first-order chi connectivity index (χ1) is 18.0. The molecular weight excluding hydrogens is 542 g/mol. The van der Waals surface area contributed by atoms with Crippen molar-refractivity contribution in [3.63, 3.8) is 0 Å². The molecular formula is C26H22Cl2F3N5O2. The number of allylic oxidation sites excluding steroid dienone is 6. The normalized spacial score (nSPS) is 19.9. The molecule has 1 fully saturated rings. The summed E-state index contributed by atoms with van der Waals surface area (Å²) >= 11 is 12.9. The largest absolute Gasteiger partial charge is 0.435 e. The highest BCUT2D eigenvalue weighted by atomic mass is 35.5. The summed E-state index contributed by atoms with van der Waals surface area (Å²) in [6.45, 7) is 1.97. The first-order valence-corrected chi connectivity index (χ1v) is 12.7. The Morgan fingerprint density at radius 1 is 1.24 bits per heavy atom. The van der Waals surface area contributed by atoms with Gasteiger partial charge in [-0.2, -0.15) is 18.3 Å². The van der Waals surface area contributed by atoms with Crippen LogP contribution in [0.2, 0.25) is 5.02 Å². The molecule has 198 valence electrons. The third-order valence-electron chi connectivity index (χ3n) is 6.89. The zero-order valence-corrected chi connectivity index (χ0v) is 21.6. The number of nitrogens with zero attached hydrogens (tertiary/aromatic N) is 3. The Morgan fingerprint density at radius 2 is 2.00 bits per heavy atom. The second kappa shape index (κ2) is 9.74. The van der Waals surface area contributed by atoms with Crippen molar-refractivity contribution in [3.05, 3.63) is 87.0 Å². The van der Waals surface area contributed by atoms with Crippen molar-refractivity contribution in [2.45, 2.75) is 44.3 Å². The molecule has 0 bridgehead atoms. The molecule has 12 heteroatoms. The van der Waals surface area contributed by atoms with Crippen LogP contribution in [0.3, 0.4) is 0 Å². The zero-order valence-electron chi connectivity index (χ0n) is 20.1. The Bertz CT molecular complexity index is 1450. The predicted octanol–water partition coefficient (Wildman–Crippen LogP) is 5.62. The number of hydrogen-bond donors (Lipinski definition) is 2. The average molecular weight is 564 g/mol. The van der Waals surface area contributed by atoms with Crippen molar-refractivity contribution in [1.82, 2.24) is 25.4 Å². The molecule has 0 aliphatic heterocycles. The molecule has 5 rings (SSSR count). The van der Waals surface area contributed by atoms with Gasteiger partial charge in [0.25, 0.3) is 11.8 Å². The standard InChI is InChI=1S/C26H22Cl2F3N5O2/c1-2-25(9-10-25)34-23(37)16-12-14-6-3-4-7-15(14)20(28)21(16)33-24(38)18-13-19(26(29,30)31)35-36(18)22-17(27)8-5-11-32-22/h3-6,8,11-13,15H,2,7,9-10H2,1H3,(H,33,38)(H,34,37). The average Bonchev–Trinajstić information content (AvgIpc) is 3.50. The molecule has 7 nitrogen and oxygen atoms in total. The van der Waals surface area contributed by atoms with Gasteiger partial charge >= 0.3 is 6.18 Å². The van der Waals surface area contributed by atoms with E-state index in [2.05, 4.69) is 20.7 Å². The van der Waals surface area contributed by atoms with Crippen molar-refractivity contribution >= 4 is 35.0 Å². The van der Waals surface area contributed by atoms with E-state index < -0.39 is 29.4 Å². The van der Waals surface area contributed by atoms with Crippen LogP contribution in [-0.2, 0) is 11.0 Å². The summed E-state index contributed by atoms with van der Waals surface area (Å²) in [5, 5.41) is 9.38. The second-order valence-electron chi connectivity index (χ2n) is 9.34. The third kappa shape index (κ3) is 4.90. The molecule has 38 heavy (non-hydrogen) atoms. The van der Waals surface area contributed by atoms with Gasteiger partial charge in [-0.3, -0.25) is 9.59 Å². The van der Waals surface area contributed by atoms with Gasteiger partial charge in [-0.05, 0) is 49.5 Å². The van der Waals surface area contributed by atoms with E-state index in [1.165, 1.54) is 18.3 Å². The fourth-order valence-electron chi connectivity index (χ4n) is 4.47. The van der Waals surface area contributed by atoms with Crippen LogP contribution in [0.25, 0.3) is 5.82 Å². The minimum Gasteiger partial charge on any atom is -0.347 e. The van der Waals surface area contributed by atoms with Gasteiger partial charge in [0.2, 0.25) is 0 Å². The van der Waals surface area contributed by atoms with Gasteiger partial charge in [-0.25, -0.2) is 9.67 Å². The van der Waals surface area contributed by atoms with E-state index in [4.69, 9.17) is 23.2 Å². The van der Waals surface area contributed by atoms with Crippen LogP contribution in [0.4, 0.5) is 13.2 Å². The fraction of sp³-hybridized carbons (Fsp3) is 0.308. The lowest BCUT2D eigenvalue weighted by Gasteiger charge is -2.29. The Morgan fingerprint density at radius 3 is 2.66 bits per heavy atom. The number of hydrogen-bond acceptors (Lipinski definition) is 4. The fourth-order valence-corrected chi connectivity index (χ4v) is 5.04. The summed E-state index contributed by atoms with van der Waals surface area (Å²) in [5.41, 5.74) is -1.14. The molecule has 1 saturated carbocycles. The summed E-state index contributed by atoms with van der Waals surface area (Å²) in [6, 6.07) is 3.51. The highest BCUT2D eigenvalue weighted by Gasteiger charge is 2.44. The molecule has 0 saturated heterocycles. The predicted molar refractivity (Wildman–Crippen MR) is 136 cm³/mol. The quantitative estimate of drug-likeness (QED) is 0.477. The number of fused-ring (bicyclic) bond motifs is 1. The Kier molecular flexibility index (Phi) is 6.73. The number of alkyl halides is 3. The van der Waals surface area contributed by atoms with E-state index in [0.29, 0.717) is 12.5 Å². The molecule has 1 atom stereocenters. The Labute approximate surface area is 226 Å². The number of aromatic nitrogens is 3. The van der Waals surface area contributed by atoms with E-state index in [0.717, 1.165) is 29.5 Å². The molecule has 2 aromatic rings. The maximum absolute atomic E-state index is 13.6. The van der Waals surface area contributed by atoms with Crippen molar-refractivity contribution in [2.75, 3.05) is 0 Å². The van der Waals surface area contributed by atoms with Gasteiger partial charge < -0.3 is 10.6 Å². The molecule has 2 N–H and O–H groups in total. The van der Waals surface area contributed by atoms with E-state index in [9.17, 15) is 22.8 Å². The van der Waals surface area contributed by atoms with Crippen molar-refractivity contribution in [2.24, 2.45) is 5.92 Å².